The van der Waals surface area contributed by atoms with Crippen LogP contribution in [0.15, 0.2) is 0 Å². The molecule has 5 aliphatic rings. The van der Waals surface area contributed by atoms with E-state index in [4.69, 9.17) is 0 Å². The molecule has 0 spiro atoms. The molecule has 5 rings (SSSR count). The second-order valence-electron chi connectivity index (χ2n) is 11.1. The molecular formula is C25H32F5N5O4. The number of rotatable bonds is 8. The summed E-state index contributed by atoms with van der Waals surface area (Å²) >= 11 is 0. The number of nitrogens with zero attached hydrogens (tertiary/aromatic N) is 2. The molecule has 3 heterocycles. The number of carbonyl (C=O) groups excluding carboxylic acids is 4. The number of alkyl halides is 5. The quantitative estimate of drug-likeness (QED) is 0.391. The zero-order valence-electron chi connectivity index (χ0n) is 21.2. The van der Waals surface area contributed by atoms with E-state index in [2.05, 4.69) is 10.6 Å². The Bertz CT molecular complexity index is 1030. The van der Waals surface area contributed by atoms with Crippen molar-refractivity contribution in [2.24, 2.45) is 17.8 Å². The fraction of sp³-hybridized carbons (Fsp3) is 0.800. The van der Waals surface area contributed by atoms with E-state index in [1.807, 2.05) is 6.07 Å². The van der Waals surface area contributed by atoms with E-state index in [-0.39, 0.29) is 37.5 Å². The highest BCUT2D eigenvalue weighted by molar-refractivity contribution is 5.94. The van der Waals surface area contributed by atoms with E-state index in [0.29, 0.717) is 32.2 Å². The summed E-state index contributed by atoms with van der Waals surface area (Å²) in [4.78, 5) is 51.9. The van der Waals surface area contributed by atoms with Gasteiger partial charge >= 0.3 is 12.1 Å². The molecule has 0 aromatic rings. The van der Waals surface area contributed by atoms with Gasteiger partial charge in [-0.05, 0) is 44.4 Å². The molecule has 39 heavy (non-hydrogen) atoms. The SMILES string of the molecule is N#C[C@@H](C[C@@H]1CCCNC1=O)NC(=O)[C@@H]1[C@H]2CC[C@H](CC2(F)F)N1C(=O)[C@H](CC1CCC1)NC(=O)C(F)(F)F. The number of piperidine rings is 3. The molecule has 0 aromatic carbocycles. The number of nitriles is 1. The van der Waals surface area contributed by atoms with Crippen LogP contribution >= 0.6 is 0 Å². The van der Waals surface area contributed by atoms with Crippen LogP contribution in [0.3, 0.4) is 0 Å². The van der Waals surface area contributed by atoms with Crippen LogP contribution in [0.4, 0.5) is 22.0 Å². The summed E-state index contributed by atoms with van der Waals surface area (Å²) in [6.45, 7) is 0.489. The minimum atomic E-state index is -5.26. The summed E-state index contributed by atoms with van der Waals surface area (Å²) in [5, 5.41) is 16.4. The molecule has 0 unspecified atom stereocenters. The van der Waals surface area contributed by atoms with E-state index in [1.165, 1.54) is 0 Å². The zero-order valence-corrected chi connectivity index (χ0v) is 21.2. The number of hydrogen-bond acceptors (Lipinski definition) is 5. The summed E-state index contributed by atoms with van der Waals surface area (Å²) in [5.41, 5.74) is 0. The number of fused-ring (bicyclic) bond motifs is 3. The largest absolute Gasteiger partial charge is 0.471 e. The van der Waals surface area contributed by atoms with Crippen LogP contribution in [0.2, 0.25) is 0 Å². The molecule has 3 saturated heterocycles. The summed E-state index contributed by atoms with van der Waals surface area (Å²) in [5.74, 6) is -10.2. The second-order valence-corrected chi connectivity index (χ2v) is 11.1. The zero-order chi connectivity index (χ0) is 28.5. The Morgan fingerprint density at radius 1 is 1.08 bits per heavy atom. The average molecular weight is 562 g/mol. The minimum Gasteiger partial charge on any atom is -0.356 e. The van der Waals surface area contributed by atoms with Gasteiger partial charge in [0.25, 0.3) is 5.92 Å². The maximum Gasteiger partial charge on any atom is 0.471 e. The van der Waals surface area contributed by atoms with Crippen molar-refractivity contribution in [3.8, 4) is 6.07 Å². The summed E-state index contributed by atoms with van der Waals surface area (Å²) in [6.07, 6.45) is -2.84. The Labute approximate surface area is 222 Å². The van der Waals surface area contributed by atoms with Gasteiger partial charge < -0.3 is 20.9 Å². The van der Waals surface area contributed by atoms with Gasteiger partial charge in [-0.25, -0.2) is 8.78 Å². The number of halogens is 5. The molecule has 6 atom stereocenters. The minimum absolute atomic E-state index is 0.0504. The topological polar surface area (TPSA) is 131 Å². The first-order valence-corrected chi connectivity index (χ1v) is 13.4. The molecule has 4 amide bonds. The van der Waals surface area contributed by atoms with Gasteiger partial charge in [-0.2, -0.15) is 18.4 Å². The van der Waals surface area contributed by atoms with Gasteiger partial charge in [0.2, 0.25) is 17.7 Å². The van der Waals surface area contributed by atoms with E-state index < -0.39 is 72.2 Å². The summed E-state index contributed by atoms with van der Waals surface area (Å²) in [7, 11) is 0. The molecule has 2 bridgehead atoms. The van der Waals surface area contributed by atoms with Gasteiger partial charge in [0.15, 0.2) is 0 Å². The van der Waals surface area contributed by atoms with Crippen LogP contribution in [-0.4, -0.2) is 71.3 Å². The van der Waals surface area contributed by atoms with Crippen molar-refractivity contribution in [1.29, 1.82) is 5.26 Å². The molecule has 3 N–H and O–H groups in total. The third-order valence-electron chi connectivity index (χ3n) is 8.51. The second kappa shape index (κ2) is 11.3. The first-order chi connectivity index (χ1) is 18.3. The molecule has 14 heteroatoms. The Hall–Kier alpha value is -2.98. The maximum atomic E-state index is 15.0. The average Bonchev–Trinajstić information content (AvgIpc) is 2.84. The number of amides is 4. The van der Waals surface area contributed by atoms with Crippen molar-refractivity contribution in [3.63, 3.8) is 0 Å². The fourth-order valence-electron chi connectivity index (χ4n) is 6.27. The summed E-state index contributed by atoms with van der Waals surface area (Å²) in [6, 6.07) is -3.82. The highest BCUT2D eigenvalue weighted by Gasteiger charge is 2.61. The van der Waals surface area contributed by atoms with Crippen molar-refractivity contribution in [2.75, 3.05) is 6.54 Å². The molecule has 0 radical (unpaired) electrons. The standard InChI is InChI=1S/C25H32F5N5O4/c26-24(27)11-16-6-7-17(24)19(21(37)33-15(12-31)10-14-5-2-8-32-20(14)36)35(16)22(38)18(9-13-3-1-4-13)34-23(39)25(28,29)30/h13-19H,1-11H2,(H,32,36)(H,33,37)(H,34,39)/t14-,15+,16+,17+,18-,19-/m0/s1. The molecule has 2 saturated carbocycles. The summed E-state index contributed by atoms with van der Waals surface area (Å²) < 4.78 is 69.1. The molecule has 0 aromatic heterocycles. The maximum absolute atomic E-state index is 15.0. The monoisotopic (exact) mass is 561 g/mol. The van der Waals surface area contributed by atoms with Crippen molar-refractivity contribution in [2.45, 2.75) is 100 Å². The third kappa shape index (κ3) is 6.27. The molecule has 2 aliphatic carbocycles. The van der Waals surface area contributed by atoms with Gasteiger partial charge in [0, 0.05) is 24.9 Å². The Morgan fingerprint density at radius 2 is 1.79 bits per heavy atom. The van der Waals surface area contributed by atoms with Crippen molar-refractivity contribution in [1.82, 2.24) is 20.9 Å². The molecular weight excluding hydrogens is 529 g/mol. The first-order valence-electron chi connectivity index (χ1n) is 13.4. The van der Waals surface area contributed by atoms with Crippen LogP contribution in [0, 0.1) is 29.1 Å². The van der Waals surface area contributed by atoms with E-state index in [9.17, 15) is 46.4 Å². The number of carbonyl (C=O) groups is 4. The number of hydrogen-bond donors (Lipinski definition) is 3. The highest BCUT2D eigenvalue weighted by atomic mass is 19.4. The smallest absolute Gasteiger partial charge is 0.356 e. The van der Waals surface area contributed by atoms with Crippen molar-refractivity contribution >= 4 is 23.6 Å². The Kier molecular flexibility index (Phi) is 8.37. The van der Waals surface area contributed by atoms with Gasteiger partial charge in [-0.15, -0.1) is 0 Å². The fourth-order valence-corrected chi connectivity index (χ4v) is 6.27. The first kappa shape index (κ1) is 29.0. The van der Waals surface area contributed by atoms with Crippen molar-refractivity contribution < 1.29 is 41.1 Å². The normalized spacial score (nSPS) is 29.8. The molecule has 3 aliphatic heterocycles. The third-order valence-corrected chi connectivity index (χ3v) is 8.51. The Balaban J connectivity index is 1.57. The van der Waals surface area contributed by atoms with Gasteiger partial charge in [0.1, 0.15) is 18.1 Å². The van der Waals surface area contributed by atoms with Crippen LogP contribution in [-0.2, 0) is 19.2 Å². The predicted molar refractivity (Wildman–Crippen MR) is 125 cm³/mol. The lowest BCUT2D eigenvalue weighted by atomic mass is 9.71. The van der Waals surface area contributed by atoms with E-state index >= 15 is 0 Å². The molecule has 5 fully saturated rings. The van der Waals surface area contributed by atoms with Crippen molar-refractivity contribution in [3.05, 3.63) is 0 Å². The van der Waals surface area contributed by atoms with Crippen LogP contribution in [0.5, 0.6) is 0 Å². The van der Waals surface area contributed by atoms with Crippen LogP contribution < -0.4 is 16.0 Å². The number of nitrogens with one attached hydrogen (secondary N) is 3. The lowest BCUT2D eigenvalue weighted by molar-refractivity contribution is -0.196. The molecule has 9 nitrogen and oxygen atoms in total. The van der Waals surface area contributed by atoms with Gasteiger partial charge in [0.05, 0.1) is 12.0 Å². The Morgan fingerprint density at radius 3 is 2.36 bits per heavy atom. The predicted octanol–water partition coefficient (Wildman–Crippen LogP) is 2.16. The highest BCUT2D eigenvalue weighted by Crippen LogP contribution is 2.49. The van der Waals surface area contributed by atoms with E-state index in [0.717, 1.165) is 11.3 Å². The molecule has 216 valence electrons. The van der Waals surface area contributed by atoms with E-state index in [1.54, 1.807) is 5.32 Å². The van der Waals surface area contributed by atoms with Crippen LogP contribution in [0.25, 0.3) is 0 Å². The van der Waals surface area contributed by atoms with Gasteiger partial charge in [-0.1, -0.05) is 19.3 Å². The lowest BCUT2D eigenvalue weighted by Crippen LogP contribution is -2.71. The van der Waals surface area contributed by atoms with Crippen LogP contribution in [0.1, 0.15) is 64.2 Å². The van der Waals surface area contributed by atoms with Gasteiger partial charge in [-0.3, -0.25) is 19.2 Å². The lowest BCUT2D eigenvalue weighted by Gasteiger charge is -2.54.